The Hall–Kier alpha value is -3.64. The highest BCUT2D eigenvalue weighted by molar-refractivity contribution is 6.30. The van der Waals surface area contributed by atoms with Crippen molar-refractivity contribution in [2.24, 2.45) is 0 Å². The summed E-state index contributed by atoms with van der Waals surface area (Å²) in [6, 6.07) is 19.7. The molecular weight excluding hydrogens is 466 g/mol. The van der Waals surface area contributed by atoms with Gasteiger partial charge in [-0.2, -0.15) is 0 Å². The van der Waals surface area contributed by atoms with Crippen LogP contribution in [0.5, 0.6) is 5.75 Å². The van der Waals surface area contributed by atoms with Gasteiger partial charge in [0.05, 0.1) is 18.4 Å². The molecule has 0 radical (unpaired) electrons. The molecule has 0 saturated carbocycles. The highest BCUT2D eigenvalue weighted by atomic mass is 35.5. The zero-order chi connectivity index (χ0) is 25.1. The molecular formula is C28H26ClNO5. The Balaban J connectivity index is 1.59. The van der Waals surface area contributed by atoms with Gasteiger partial charge in [-0.25, -0.2) is 0 Å². The summed E-state index contributed by atoms with van der Waals surface area (Å²) in [5.41, 5.74) is 4.30. The van der Waals surface area contributed by atoms with E-state index < -0.39 is 29.9 Å². The van der Waals surface area contributed by atoms with E-state index in [1.807, 2.05) is 49.4 Å². The number of rotatable bonds is 7. The minimum atomic E-state index is -1.04. The van der Waals surface area contributed by atoms with Gasteiger partial charge in [-0.1, -0.05) is 54.1 Å². The van der Waals surface area contributed by atoms with Crippen molar-refractivity contribution in [2.75, 3.05) is 0 Å². The average molecular weight is 492 g/mol. The maximum atomic E-state index is 13.1. The number of hydrogen-bond acceptors (Lipinski definition) is 4. The Morgan fingerprint density at radius 3 is 2.60 bits per heavy atom. The highest BCUT2D eigenvalue weighted by Crippen LogP contribution is 2.38. The minimum absolute atomic E-state index is 0.131. The van der Waals surface area contributed by atoms with Crippen LogP contribution in [0.15, 0.2) is 66.7 Å². The van der Waals surface area contributed by atoms with Gasteiger partial charge in [-0.15, -0.1) is 0 Å². The molecule has 0 spiro atoms. The van der Waals surface area contributed by atoms with Gasteiger partial charge in [-0.05, 0) is 60.4 Å². The molecule has 3 aromatic rings. The number of aliphatic carboxylic acids is 1. The van der Waals surface area contributed by atoms with Gasteiger partial charge in [0.2, 0.25) is 5.91 Å². The topological polar surface area (TPSA) is 92.7 Å². The first-order valence-electron chi connectivity index (χ1n) is 11.4. The van der Waals surface area contributed by atoms with E-state index in [0.717, 1.165) is 16.7 Å². The van der Waals surface area contributed by atoms with Crippen molar-refractivity contribution in [3.63, 3.8) is 0 Å². The van der Waals surface area contributed by atoms with Gasteiger partial charge in [-0.3, -0.25) is 14.4 Å². The Labute approximate surface area is 208 Å². The predicted octanol–water partition coefficient (Wildman–Crippen LogP) is 5.47. The van der Waals surface area contributed by atoms with Gasteiger partial charge in [0.1, 0.15) is 5.75 Å². The van der Waals surface area contributed by atoms with E-state index >= 15 is 0 Å². The number of nitrogens with one attached hydrogen (secondary N) is 1. The smallest absolute Gasteiger partial charge is 0.305 e. The van der Waals surface area contributed by atoms with Gasteiger partial charge >= 0.3 is 5.97 Å². The lowest BCUT2D eigenvalue weighted by molar-refractivity contribution is -0.138. The fourth-order valence-electron chi connectivity index (χ4n) is 4.48. The number of carboxylic acids is 1. The predicted molar refractivity (Wildman–Crippen MR) is 134 cm³/mol. The second-order valence-corrected chi connectivity index (χ2v) is 9.20. The molecule has 1 aliphatic rings. The number of carbonyl (C=O) groups is 3. The lowest BCUT2D eigenvalue weighted by Gasteiger charge is -2.29. The Bertz CT molecular complexity index is 1290. The van der Waals surface area contributed by atoms with Crippen LogP contribution in [0.4, 0.5) is 0 Å². The molecule has 0 bridgehead atoms. The third kappa shape index (κ3) is 5.54. The summed E-state index contributed by atoms with van der Waals surface area (Å²) in [6.07, 6.45) is -1.11. The van der Waals surface area contributed by atoms with E-state index in [-0.39, 0.29) is 18.6 Å². The van der Waals surface area contributed by atoms with Gasteiger partial charge < -0.3 is 15.2 Å². The Kier molecular flexibility index (Phi) is 7.22. The molecule has 2 unspecified atom stereocenters. The minimum Gasteiger partial charge on any atom is -0.483 e. The number of carbonyl (C=O) groups excluding carboxylic acids is 2. The Morgan fingerprint density at radius 1 is 1.09 bits per heavy atom. The van der Waals surface area contributed by atoms with Gasteiger partial charge in [0.15, 0.2) is 11.9 Å². The summed E-state index contributed by atoms with van der Waals surface area (Å²) in [7, 11) is 0. The van der Waals surface area contributed by atoms with E-state index in [9.17, 15) is 19.5 Å². The van der Waals surface area contributed by atoms with Crippen molar-refractivity contribution in [3.05, 3.63) is 88.4 Å². The van der Waals surface area contributed by atoms with E-state index in [2.05, 4.69) is 5.32 Å². The number of amides is 1. The second-order valence-electron chi connectivity index (χ2n) is 8.76. The first-order valence-corrected chi connectivity index (χ1v) is 11.8. The summed E-state index contributed by atoms with van der Waals surface area (Å²) < 4.78 is 5.66. The van der Waals surface area contributed by atoms with Crippen LogP contribution >= 0.6 is 11.6 Å². The van der Waals surface area contributed by atoms with E-state index in [1.54, 1.807) is 31.2 Å². The number of benzene rings is 3. The summed E-state index contributed by atoms with van der Waals surface area (Å²) in [4.78, 5) is 37.6. The maximum absolute atomic E-state index is 13.1. The molecule has 6 nitrogen and oxygen atoms in total. The average Bonchev–Trinajstić information content (AvgIpc) is 2.82. The lowest BCUT2D eigenvalue weighted by Crippen LogP contribution is -2.38. The van der Waals surface area contributed by atoms with Crippen LogP contribution in [0.3, 0.4) is 0 Å². The fraction of sp³-hybridized carbons (Fsp3) is 0.250. The number of ether oxygens (including phenoxy) is 1. The van der Waals surface area contributed by atoms with Crippen LogP contribution < -0.4 is 10.1 Å². The lowest BCUT2D eigenvalue weighted by atomic mass is 9.86. The molecule has 7 heteroatoms. The normalized spacial score (nSPS) is 17.7. The van der Waals surface area contributed by atoms with Crippen LogP contribution in [0.1, 0.15) is 48.4 Å². The molecule has 0 saturated heterocycles. The van der Waals surface area contributed by atoms with Crippen molar-refractivity contribution in [2.45, 2.75) is 44.8 Å². The van der Waals surface area contributed by atoms with E-state index in [1.165, 1.54) is 0 Å². The van der Waals surface area contributed by atoms with Gasteiger partial charge in [0, 0.05) is 17.0 Å². The number of aryl methyl sites for hydroxylation is 1. The Morgan fingerprint density at radius 2 is 1.86 bits per heavy atom. The SMILES string of the molecule is Cc1ccccc1-c1cccc([C@H](CC(=O)O)NC(=O)CC2C(=O)C(C)Oc3ccc(Cl)cc32)c1. The van der Waals surface area contributed by atoms with Crippen molar-refractivity contribution in [1.82, 2.24) is 5.32 Å². The quantitative estimate of drug-likeness (QED) is 0.457. The second kappa shape index (κ2) is 10.3. The van der Waals surface area contributed by atoms with Crippen molar-refractivity contribution in [3.8, 4) is 16.9 Å². The standard InChI is InChI=1S/C28H26ClNO5/c1-16-6-3-4-9-21(16)18-7-5-8-19(12-18)24(15-27(32)33)30-26(31)14-23-22-13-20(29)10-11-25(22)35-17(2)28(23)34/h3-13,17,23-24H,14-15H2,1-2H3,(H,30,31)(H,32,33)/t17?,23?,24-/m0/s1. The number of halogens is 1. The highest BCUT2D eigenvalue weighted by Gasteiger charge is 2.36. The molecule has 4 rings (SSSR count). The number of ketones is 1. The van der Waals surface area contributed by atoms with Gasteiger partial charge in [0.25, 0.3) is 0 Å². The van der Waals surface area contributed by atoms with Crippen LogP contribution in [0, 0.1) is 6.92 Å². The fourth-order valence-corrected chi connectivity index (χ4v) is 4.66. The zero-order valence-corrected chi connectivity index (χ0v) is 20.2. The monoisotopic (exact) mass is 491 g/mol. The first-order chi connectivity index (χ1) is 16.7. The number of fused-ring (bicyclic) bond motifs is 1. The zero-order valence-electron chi connectivity index (χ0n) is 19.5. The van der Waals surface area contributed by atoms with Crippen LogP contribution in [0.2, 0.25) is 5.02 Å². The third-order valence-corrected chi connectivity index (χ3v) is 6.48. The van der Waals surface area contributed by atoms with Crippen LogP contribution in [-0.4, -0.2) is 28.9 Å². The third-order valence-electron chi connectivity index (χ3n) is 6.24. The molecule has 2 N–H and O–H groups in total. The maximum Gasteiger partial charge on any atom is 0.305 e. The molecule has 1 aliphatic heterocycles. The largest absolute Gasteiger partial charge is 0.483 e. The number of carboxylic acid groups (broad SMARTS) is 1. The number of hydrogen-bond donors (Lipinski definition) is 2. The molecule has 0 aliphatic carbocycles. The molecule has 180 valence electrons. The summed E-state index contributed by atoms with van der Waals surface area (Å²) >= 11 is 6.13. The molecule has 35 heavy (non-hydrogen) atoms. The summed E-state index contributed by atoms with van der Waals surface area (Å²) in [5, 5.41) is 12.8. The molecule has 1 amide bonds. The van der Waals surface area contributed by atoms with Crippen LogP contribution in [0.25, 0.3) is 11.1 Å². The first kappa shape index (κ1) is 24.5. The van der Waals surface area contributed by atoms with Crippen LogP contribution in [-0.2, 0) is 14.4 Å². The van der Waals surface area contributed by atoms with Crippen molar-refractivity contribution >= 4 is 29.3 Å². The van der Waals surface area contributed by atoms with E-state index in [4.69, 9.17) is 16.3 Å². The van der Waals surface area contributed by atoms with Crippen molar-refractivity contribution < 1.29 is 24.2 Å². The molecule has 0 fully saturated rings. The molecule has 0 aromatic heterocycles. The molecule has 3 aromatic carbocycles. The molecule has 1 heterocycles. The summed E-state index contributed by atoms with van der Waals surface area (Å²) in [6.45, 7) is 3.66. The molecule has 3 atom stereocenters. The van der Waals surface area contributed by atoms with E-state index in [0.29, 0.717) is 21.9 Å². The van der Waals surface area contributed by atoms with Crippen molar-refractivity contribution in [1.29, 1.82) is 0 Å². The number of Topliss-reactive ketones (excluding diaryl/α,β-unsaturated/α-hetero) is 1. The summed E-state index contributed by atoms with van der Waals surface area (Å²) in [5.74, 6) is -1.88.